The molecule has 0 spiro atoms. The van der Waals surface area contributed by atoms with Crippen LogP contribution in [0, 0.1) is 11.8 Å². The third-order valence-electron chi connectivity index (χ3n) is 5.20. The Morgan fingerprint density at radius 1 is 1.17 bits per heavy atom. The maximum absolute atomic E-state index is 12.9. The summed E-state index contributed by atoms with van der Waals surface area (Å²) in [5.41, 5.74) is 0.155. The number of rotatable bonds is 5. The number of nitrogens with one attached hydrogen (secondary N) is 1. The third kappa shape index (κ3) is 6.19. The predicted molar refractivity (Wildman–Crippen MR) is 119 cm³/mol. The second kappa shape index (κ2) is 9.47. The minimum Gasteiger partial charge on any atom is -0.459 e. The summed E-state index contributed by atoms with van der Waals surface area (Å²) < 4.78 is 5.66. The van der Waals surface area contributed by atoms with Crippen LogP contribution in [-0.4, -0.2) is 34.4 Å². The molecular weight excluding hydrogens is 374 g/mol. The van der Waals surface area contributed by atoms with Crippen LogP contribution < -0.4 is 5.32 Å². The molecule has 2 N–H and O–H groups in total. The van der Waals surface area contributed by atoms with Crippen molar-refractivity contribution in [2.24, 2.45) is 0 Å². The van der Waals surface area contributed by atoms with Gasteiger partial charge in [0, 0.05) is 11.6 Å². The lowest BCUT2D eigenvalue weighted by molar-refractivity contribution is -0.158. The van der Waals surface area contributed by atoms with E-state index in [1.165, 1.54) is 0 Å². The van der Waals surface area contributed by atoms with E-state index in [1.807, 2.05) is 81.4 Å². The van der Waals surface area contributed by atoms with Crippen LogP contribution in [0.5, 0.6) is 0 Å². The van der Waals surface area contributed by atoms with Gasteiger partial charge in [-0.05, 0) is 64.2 Å². The normalized spacial score (nSPS) is 22.1. The van der Waals surface area contributed by atoms with E-state index >= 15 is 0 Å². The van der Waals surface area contributed by atoms with Gasteiger partial charge in [0.25, 0.3) is 0 Å². The van der Waals surface area contributed by atoms with Gasteiger partial charge in [-0.2, -0.15) is 0 Å². The first-order valence-electron chi connectivity index (χ1n) is 10.6. The minimum atomic E-state index is -1.17. The number of esters is 1. The number of carbonyl (C=O) groups is 1. The summed E-state index contributed by atoms with van der Waals surface area (Å²) >= 11 is 0. The van der Waals surface area contributed by atoms with Gasteiger partial charge in [0.2, 0.25) is 0 Å². The molecule has 2 aromatic rings. The van der Waals surface area contributed by atoms with Gasteiger partial charge in [-0.1, -0.05) is 60.4 Å². The average Bonchev–Trinajstić information content (AvgIpc) is 3.07. The SMILES string of the molecule is CC(C)(C)OC(=O)[C@H](Cc1ccccc1)N[C@H]1CCC[C@@]1(O)C#Cc1ccccc1. The molecule has 2 aromatic carbocycles. The Morgan fingerprint density at radius 2 is 1.80 bits per heavy atom. The molecule has 30 heavy (non-hydrogen) atoms. The fourth-order valence-corrected chi connectivity index (χ4v) is 3.74. The van der Waals surface area contributed by atoms with Crippen molar-refractivity contribution in [2.75, 3.05) is 0 Å². The summed E-state index contributed by atoms with van der Waals surface area (Å²) in [5.74, 6) is 5.85. The van der Waals surface area contributed by atoms with E-state index in [-0.39, 0.29) is 12.0 Å². The number of carbonyl (C=O) groups excluding carboxylic acids is 1. The van der Waals surface area contributed by atoms with Crippen LogP contribution in [0.4, 0.5) is 0 Å². The van der Waals surface area contributed by atoms with E-state index in [4.69, 9.17) is 4.74 Å². The van der Waals surface area contributed by atoms with Gasteiger partial charge in [0.15, 0.2) is 0 Å². The van der Waals surface area contributed by atoms with Gasteiger partial charge in [0.05, 0.1) is 0 Å². The van der Waals surface area contributed by atoms with E-state index in [0.717, 1.165) is 24.0 Å². The summed E-state index contributed by atoms with van der Waals surface area (Å²) in [7, 11) is 0. The van der Waals surface area contributed by atoms with Gasteiger partial charge in [-0.25, -0.2) is 0 Å². The molecule has 0 aromatic heterocycles. The molecule has 0 unspecified atom stereocenters. The second-order valence-electron chi connectivity index (χ2n) is 8.93. The molecule has 0 heterocycles. The number of hydrogen-bond acceptors (Lipinski definition) is 4. The van der Waals surface area contributed by atoms with Crippen molar-refractivity contribution in [3.63, 3.8) is 0 Å². The monoisotopic (exact) mass is 405 g/mol. The van der Waals surface area contributed by atoms with Crippen molar-refractivity contribution in [2.45, 2.75) is 69.7 Å². The van der Waals surface area contributed by atoms with Crippen LogP contribution in [0.1, 0.15) is 51.2 Å². The summed E-state index contributed by atoms with van der Waals surface area (Å²) in [5, 5.41) is 14.6. The first-order valence-corrected chi connectivity index (χ1v) is 10.6. The molecular formula is C26H31NO3. The van der Waals surface area contributed by atoms with Crippen LogP contribution in [0.25, 0.3) is 0 Å². The van der Waals surface area contributed by atoms with E-state index < -0.39 is 17.2 Å². The van der Waals surface area contributed by atoms with Crippen LogP contribution in [0.2, 0.25) is 0 Å². The lowest BCUT2D eigenvalue weighted by Crippen LogP contribution is -2.54. The van der Waals surface area contributed by atoms with Crippen molar-refractivity contribution in [3.05, 3.63) is 71.8 Å². The summed E-state index contributed by atoms with van der Waals surface area (Å²) in [4.78, 5) is 12.9. The Kier molecular flexibility index (Phi) is 6.97. The molecule has 158 valence electrons. The molecule has 1 aliphatic carbocycles. The maximum Gasteiger partial charge on any atom is 0.324 e. The number of aliphatic hydroxyl groups is 1. The molecule has 3 atom stereocenters. The summed E-state index contributed by atoms with van der Waals surface area (Å²) in [6.45, 7) is 5.59. The first-order chi connectivity index (χ1) is 14.3. The molecule has 0 amide bonds. The molecule has 0 radical (unpaired) electrons. The van der Waals surface area contributed by atoms with Gasteiger partial charge in [-0.3, -0.25) is 10.1 Å². The van der Waals surface area contributed by atoms with Crippen molar-refractivity contribution in [3.8, 4) is 11.8 Å². The standard InChI is InChI=1S/C26H31NO3/c1-25(2,3)30-24(28)22(19-21-13-8-5-9-14-21)27-23-15-10-17-26(23,29)18-16-20-11-6-4-7-12-20/h4-9,11-14,22-23,27,29H,10,15,17,19H2,1-3H3/t22-,23-,26+/m0/s1. The Bertz CT molecular complexity index is 893. The number of benzene rings is 2. The van der Waals surface area contributed by atoms with Crippen molar-refractivity contribution >= 4 is 5.97 Å². The Hall–Kier alpha value is -2.61. The highest BCUT2D eigenvalue weighted by molar-refractivity contribution is 5.76. The van der Waals surface area contributed by atoms with E-state index in [1.54, 1.807) is 0 Å². The largest absolute Gasteiger partial charge is 0.459 e. The van der Waals surface area contributed by atoms with Crippen molar-refractivity contribution in [1.29, 1.82) is 0 Å². The van der Waals surface area contributed by atoms with Crippen molar-refractivity contribution in [1.82, 2.24) is 5.32 Å². The Labute approximate surface area is 179 Å². The van der Waals surface area contributed by atoms with Gasteiger partial charge >= 0.3 is 5.97 Å². The fraction of sp³-hybridized carbons (Fsp3) is 0.423. The quantitative estimate of drug-likeness (QED) is 0.586. The van der Waals surface area contributed by atoms with Crippen LogP contribution >= 0.6 is 0 Å². The molecule has 1 saturated carbocycles. The molecule has 3 rings (SSSR count). The maximum atomic E-state index is 12.9. The first kappa shape index (κ1) is 22.1. The average molecular weight is 406 g/mol. The Balaban J connectivity index is 1.79. The third-order valence-corrected chi connectivity index (χ3v) is 5.20. The molecule has 1 aliphatic rings. The van der Waals surface area contributed by atoms with Gasteiger partial charge in [-0.15, -0.1) is 0 Å². The molecule has 1 fully saturated rings. The highest BCUT2D eigenvalue weighted by Gasteiger charge is 2.42. The van der Waals surface area contributed by atoms with Gasteiger partial charge in [0.1, 0.15) is 17.2 Å². The zero-order valence-electron chi connectivity index (χ0n) is 18.0. The number of hydrogen-bond donors (Lipinski definition) is 2. The van der Waals surface area contributed by atoms with E-state index in [0.29, 0.717) is 12.8 Å². The smallest absolute Gasteiger partial charge is 0.324 e. The molecule has 4 heteroatoms. The lowest BCUT2D eigenvalue weighted by atomic mass is 9.95. The highest BCUT2D eigenvalue weighted by atomic mass is 16.6. The zero-order valence-corrected chi connectivity index (χ0v) is 18.0. The van der Waals surface area contributed by atoms with Crippen LogP contribution in [0.3, 0.4) is 0 Å². The highest BCUT2D eigenvalue weighted by Crippen LogP contribution is 2.30. The fourth-order valence-electron chi connectivity index (χ4n) is 3.74. The lowest BCUT2D eigenvalue weighted by Gasteiger charge is -2.31. The second-order valence-corrected chi connectivity index (χ2v) is 8.93. The van der Waals surface area contributed by atoms with Gasteiger partial charge < -0.3 is 9.84 Å². The molecule has 0 bridgehead atoms. The molecule has 0 aliphatic heterocycles. The molecule has 4 nitrogen and oxygen atoms in total. The van der Waals surface area contributed by atoms with Crippen molar-refractivity contribution < 1.29 is 14.6 Å². The summed E-state index contributed by atoms with van der Waals surface area (Å²) in [6, 6.07) is 18.6. The number of ether oxygens (including phenoxy) is 1. The summed E-state index contributed by atoms with van der Waals surface area (Å²) in [6.07, 6.45) is 2.68. The topological polar surface area (TPSA) is 58.6 Å². The van der Waals surface area contributed by atoms with Crippen LogP contribution in [0.15, 0.2) is 60.7 Å². The zero-order chi connectivity index (χ0) is 21.6. The van der Waals surface area contributed by atoms with Crippen LogP contribution in [-0.2, 0) is 16.0 Å². The molecule has 0 saturated heterocycles. The van der Waals surface area contributed by atoms with E-state index in [2.05, 4.69) is 17.2 Å². The Morgan fingerprint density at radius 3 is 2.43 bits per heavy atom. The minimum absolute atomic E-state index is 0.296. The predicted octanol–water partition coefficient (Wildman–Crippen LogP) is 3.86. The van der Waals surface area contributed by atoms with E-state index in [9.17, 15) is 9.90 Å².